The van der Waals surface area contributed by atoms with Gasteiger partial charge in [0.05, 0.1) is 0 Å². The van der Waals surface area contributed by atoms with E-state index in [4.69, 9.17) is 11.6 Å². The van der Waals surface area contributed by atoms with Crippen LogP contribution in [0.25, 0.3) is 0 Å². The maximum atomic E-state index is 11.2. The fourth-order valence-electron chi connectivity index (χ4n) is 2.06. The molecule has 3 heteroatoms. The average Bonchev–Trinajstić information content (AvgIpc) is 2.26. The monoisotopic (exact) mass is 267 g/mol. The summed E-state index contributed by atoms with van der Waals surface area (Å²) >= 11 is 5.93. The first-order chi connectivity index (χ1) is 8.43. The highest BCUT2D eigenvalue weighted by molar-refractivity contribution is 6.31. The molecule has 1 aromatic rings. The van der Waals surface area contributed by atoms with Crippen LogP contribution in [0.15, 0.2) is 18.2 Å². The highest BCUT2D eigenvalue weighted by atomic mass is 35.5. The molecular formula is C15H22ClNO. The van der Waals surface area contributed by atoms with E-state index in [2.05, 4.69) is 32.6 Å². The van der Waals surface area contributed by atoms with Crippen LogP contribution in [-0.4, -0.2) is 19.4 Å². The van der Waals surface area contributed by atoms with Gasteiger partial charge in [-0.3, -0.25) is 4.79 Å². The largest absolute Gasteiger partial charge is 0.370 e. The maximum absolute atomic E-state index is 11.2. The van der Waals surface area contributed by atoms with Crippen LogP contribution >= 0.6 is 11.6 Å². The first kappa shape index (κ1) is 15.0. The Bertz CT molecular complexity index is 391. The van der Waals surface area contributed by atoms with Gasteiger partial charge in [-0.15, -0.1) is 0 Å². The molecule has 100 valence electrons. The second kappa shape index (κ2) is 6.79. The first-order valence-corrected chi connectivity index (χ1v) is 6.81. The van der Waals surface area contributed by atoms with E-state index in [0.717, 1.165) is 25.1 Å². The smallest absolute Gasteiger partial charge is 0.152 e. The fraction of sp³-hybridized carbons (Fsp3) is 0.533. The molecule has 0 aliphatic carbocycles. The summed E-state index contributed by atoms with van der Waals surface area (Å²) in [5, 5.41) is 0.606. The number of anilines is 1. The minimum atomic E-state index is 0.555. The van der Waals surface area contributed by atoms with E-state index in [1.54, 1.807) is 6.07 Å². The normalized spacial score (nSPS) is 11.1. The molecule has 0 aliphatic rings. The van der Waals surface area contributed by atoms with Gasteiger partial charge in [0, 0.05) is 29.4 Å². The zero-order valence-electron chi connectivity index (χ0n) is 11.6. The SMILES string of the molecule is CC(C)CN(CC(C)C)c1ccc(Cl)cc1C=O. The van der Waals surface area contributed by atoms with Gasteiger partial charge in [0.1, 0.15) is 0 Å². The van der Waals surface area contributed by atoms with E-state index in [9.17, 15) is 4.79 Å². The van der Waals surface area contributed by atoms with Crippen LogP contribution in [0.1, 0.15) is 38.1 Å². The molecule has 0 spiro atoms. The van der Waals surface area contributed by atoms with Gasteiger partial charge < -0.3 is 4.90 Å². The molecule has 0 aliphatic heterocycles. The second-order valence-corrected chi connectivity index (χ2v) is 5.95. The Morgan fingerprint density at radius 1 is 1.17 bits per heavy atom. The number of aldehydes is 1. The van der Waals surface area contributed by atoms with E-state index >= 15 is 0 Å². The molecule has 1 rings (SSSR count). The molecule has 0 unspecified atom stereocenters. The fourth-order valence-corrected chi connectivity index (χ4v) is 2.24. The third-order valence-electron chi connectivity index (χ3n) is 2.63. The lowest BCUT2D eigenvalue weighted by Crippen LogP contribution is -2.32. The average molecular weight is 268 g/mol. The Morgan fingerprint density at radius 3 is 2.17 bits per heavy atom. The summed E-state index contributed by atoms with van der Waals surface area (Å²) in [5.41, 5.74) is 1.65. The molecule has 0 aromatic heterocycles. The number of hydrogen-bond acceptors (Lipinski definition) is 2. The summed E-state index contributed by atoms with van der Waals surface area (Å²) in [5.74, 6) is 1.11. The van der Waals surface area contributed by atoms with Crippen LogP contribution in [0.5, 0.6) is 0 Å². The number of benzene rings is 1. The van der Waals surface area contributed by atoms with Gasteiger partial charge in [0.25, 0.3) is 0 Å². The van der Waals surface area contributed by atoms with Crippen LogP contribution in [0, 0.1) is 11.8 Å². The van der Waals surface area contributed by atoms with Gasteiger partial charge in [-0.2, -0.15) is 0 Å². The van der Waals surface area contributed by atoms with Gasteiger partial charge in [-0.05, 0) is 30.0 Å². The molecule has 0 radical (unpaired) electrons. The van der Waals surface area contributed by atoms with E-state index in [1.807, 2.05) is 12.1 Å². The Morgan fingerprint density at radius 2 is 1.72 bits per heavy atom. The third kappa shape index (κ3) is 4.34. The quantitative estimate of drug-likeness (QED) is 0.718. The molecule has 0 bridgehead atoms. The number of carbonyl (C=O) groups excluding carboxylic acids is 1. The summed E-state index contributed by atoms with van der Waals surface area (Å²) in [6, 6.07) is 5.52. The van der Waals surface area contributed by atoms with E-state index < -0.39 is 0 Å². The number of carbonyl (C=O) groups is 1. The Labute approximate surface area is 115 Å². The number of rotatable bonds is 6. The molecule has 0 saturated carbocycles. The van der Waals surface area contributed by atoms with Crippen molar-refractivity contribution in [3.63, 3.8) is 0 Å². The van der Waals surface area contributed by atoms with Crippen LogP contribution in [0.2, 0.25) is 5.02 Å². The van der Waals surface area contributed by atoms with Crippen LogP contribution in [0.3, 0.4) is 0 Å². The molecular weight excluding hydrogens is 246 g/mol. The lowest BCUT2D eigenvalue weighted by Gasteiger charge is -2.29. The van der Waals surface area contributed by atoms with Crippen molar-refractivity contribution >= 4 is 23.6 Å². The highest BCUT2D eigenvalue weighted by Crippen LogP contribution is 2.24. The highest BCUT2D eigenvalue weighted by Gasteiger charge is 2.14. The van der Waals surface area contributed by atoms with Crippen molar-refractivity contribution in [2.75, 3.05) is 18.0 Å². The van der Waals surface area contributed by atoms with Crippen molar-refractivity contribution in [2.45, 2.75) is 27.7 Å². The molecule has 0 amide bonds. The van der Waals surface area contributed by atoms with Crippen LogP contribution in [0.4, 0.5) is 5.69 Å². The Balaban J connectivity index is 3.06. The topological polar surface area (TPSA) is 20.3 Å². The van der Waals surface area contributed by atoms with Crippen LogP contribution < -0.4 is 4.90 Å². The molecule has 0 N–H and O–H groups in total. The Hall–Kier alpha value is -1.02. The molecule has 0 atom stereocenters. The molecule has 0 saturated heterocycles. The first-order valence-electron chi connectivity index (χ1n) is 6.43. The lowest BCUT2D eigenvalue weighted by atomic mass is 10.1. The van der Waals surface area contributed by atoms with Crippen molar-refractivity contribution < 1.29 is 4.79 Å². The lowest BCUT2D eigenvalue weighted by molar-refractivity contribution is 0.112. The van der Waals surface area contributed by atoms with Gasteiger partial charge in [0.15, 0.2) is 6.29 Å². The summed E-state index contributed by atoms with van der Waals surface area (Å²) < 4.78 is 0. The summed E-state index contributed by atoms with van der Waals surface area (Å²) in [6.07, 6.45) is 0.884. The minimum Gasteiger partial charge on any atom is -0.370 e. The van der Waals surface area contributed by atoms with E-state index in [1.165, 1.54) is 0 Å². The predicted octanol–water partition coefficient (Wildman–Crippen LogP) is 4.27. The van der Waals surface area contributed by atoms with E-state index in [0.29, 0.717) is 22.4 Å². The van der Waals surface area contributed by atoms with Crippen molar-refractivity contribution in [2.24, 2.45) is 11.8 Å². The van der Waals surface area contributed by atoms with Crippen molar-refractivity contribution in [3.05, 3.63) is 28.8 Å². The molecule has 18 heavy (non-hydrogen) atoms. The number of nitrogens with zero attached hydrogens (tertiary/aromatic N) is 1. The molecule has 0 fully saturated rings. The summed E-state index contributed by atoms with van der Waals surface area (Å²) in [4.78, 5) is 13.4. The van der Waals surface area contributed by atoms with Gasteiger partial charge in [0.2, 0.25) is 0 Å². The number of hydrogen-bond donors (Lipinski definition) is 0. The summed E-state index contributed by atoms with van der Waals surface area (Å²) in [6.45, 7) is 10.6. The zero-order valence-corrected chi connectivity index (χ0v) is 12.4. The van der Waals surface area contributed by atoms with Gasteiger partial charge in [-0.1, -0.05) is 39.3 Å². The predicted molar refractivity (Wildman–Crippen MR) is 78.7 cm³/mol. The third-order valence-corrected chi connectivity index (χ3v) is 2.86. The molecule has 1 aromatic carbocycles. The minimum absolute atomic E-state index is 0.555. The number of halogens is 1. The van der Waals surface area contributed by atoms with Gasteiger partial charge in [-0.25, -0.2) is 0 Å². The van der Waals surface area contributed by atoms with Crippen molar-refractivity contribution in [1.29, 1.82) is 0 Å². The maximum Gasteiger partial charge on any atom is 0.152 e. The molecule has 2 nitrogen and oxygen atoms in total. The van der Waals surface area contributed by atoms with Crippen molar-refractivity contribution in [1.82, 2.24) is 0 Å². The zero-order chi connectivity index (χ0) is 13.7. The van der Waals surface area contributed by atoms with E-state index in [-0.39, 0.29) is 0 Å². The Kier molecular flexibility index (Phi) is 5.67. The van der Waals surface area contributed by atoms with Gasteiger partial charge >= 0.3 is 0 Å². The summed E-state index contributed by atoms with van der Waals surface area (Å²) in [7, 11) is 0. The van der Waals surface area contributed by atoms with Crippen LogP contribution in [-0.2, 0) is 0 Å². The van der Waals surface area contributed by atoms with Crippen molar-refractivity contribution in [3.8, 4) is 0 Å². The molecule has 0 heterocycles. The standard InChI is InChI=1S/C15H22ClNO/c1-11(2)8-17(9-12(3)4)15-6-5-14(16)7-13(15)10-18/h5-7,10-12H,8-9H2,1-4H3. The second-order valence-electron chi connectivity index (χ2n) is 5.51.